The van der Waals surface area contributed by atoms with E-state index in [1.165, 1.54) is 19.8 Å². The summed E-state index contributed by atoms with van der Waals surface area (Å²) in [6.07, 6.45) is 0.188. The molecule has 2 nitrogen and oxygen atoms in total. The summed E-state index contributed by atoms with van der Waals surface area (Å²) in [5.74, 6) is 0.926. The highest BCUT2D eigenvalue weighted by Gasteiger charge is 2.19. The van der Waals surface area contributed by atoms with Crippen molar-refractivity contribution in [2.75, 3.05) is 6.54 Å². The normalized spacial score (nSPS) is 12.7. The lowest BCUT2D eigenvalue weighted by Crippen LogP contribution is -2.21. The lowest BCUT2D eigenvalue weighted by Gasteiger charge is -2.19. The molecule has 1 N–H and O–H groups in total. The molecule has 1 heterocycles. The van der Waals surface area contributed by atoms with Crippen molar-refractivity contribution in [3.8, 4) is 5.75 Å². The number of halogens is 1. The zero-order valence-electron chi connectivity index (χ0n) is 12.9. The molecule has 0 aliphatic heterocycles. The SMILES string of the molecule is CCNC(c1cccc(OC(C)C)c1)c1sc(C)cc1Br. The Balaban J connectivity index is 2.36. The van der Waals surface area contributed by atoms with Gasteiger partial charge in [-0.15, -0.1) is 11.3 Å². The molecule has 2 aromatic rings. The summed E-state index contributed by atoms with van der Waals surface area (Å²) in [7, 11) is 0. The molecule has 1 aromatic heterocycles. The van der Waals surface area contributed by atoms with Crippen molar-refractivity contribution in [3.05, 3.63) is 50.1 Å². The van der Waals surface area contributed by atoms with Crippen molar-refractivity contribution >= 4 is 27.3 Å². The predicted molar refractivity (Wildman–Crippen MR) is 94.5 cm³/mol. The van der Waals surface area contributed by atoms with Crippen molar-refractivity contribution in [1.82, 2.24) is 5.32 Å². The van der Waals surface area contributed by atoms with E-state index in [9.17, 15) is 0 Å². The zero-order valence-corrected chi connectivity index (χ0v) is 15.3. The Kier molecular flexibility index (Phi) is 5.85. The topological polar surface area (TPSA) is 21.3 Å². The standard InChI is InChI=1S/C17H22BrNOS/c1-5-19-16(17-15(18)9-12(4)21-17)13-7-6-8-14(10-13)20-11(2)3/h6-11,16,19H,5H2,1-4H3. The fraction of sp³-hybridized carbons (Fsp3) is 0.412. The molecule has 1 aromatic carbocycles. The molecule has 21 heavy (non-hydrogen) atoms. The van der Waals surface area contributed by atoms with Gasteiger partial charge in [0.15, 0.2) is 0 Å². The Hall–Kier alpha value is -0.840. The van der Waals surface area contributed by atoms with Crippen LogP contribution in [0.15, 0.2) is 34.8 Å². The Morgan fingerprint density at radius 2 is 2.05 bits per heavy atom. The van der Waals surface area contributed by atoms with Crippen LogP contribution in [0.4, 0.5) is 0 Å². The first kappa shape index (κ1) is 16.5. The van der Waals surface area contributed by atoms with Crippen LogP contribution < -0.4 is 10.1 Å². The van der Waals surface area contributed by atoms with Gasteiger partial charge in [-0.2, -0.15) is 0 Å². The molecule has 0 amide bonds. The van der Waals surface area contributed by atoms with Gasteiger partial charge in [0.25, 0.3) is 0 Å². The maximum atomic E-state index is 5.82. The Labute approximate surface area is 139 Å². The molecule has 0 saturated carbocycles. The van der Waals surface area contributed by atoms with Gasteiger partial charge in [0.05, 0.1) is 12.1 Å². The Bertz CT molecular complexity index is 594. The lowest BCUT2D eigenvalue weighted by atomic mass is 10.0. The van der Waals surface area contributed by atoms with E-state index in [1.807, 2.05) is 31.3 Å². The maximum Gasteiger partial charge on any atom is 0.120 e. The lowest BCUT2D eigenvalue weighted by molar-refractivity contribution is 0.242. The molecule has 0 aliphatic rings. The van der Waals surface area contributed by atoms with Crippen LogP contribution in [0.1, 0.15) is 42.1 Å². The number of nitrogens with one attached hydrogen (secondary N) is 1. The molecular weight excluding hydrogens is 346 g/mol. The quantitative estimate of drug-likeness (QED) is 0.747. The Morgan fingerprint density at radius 3 is 2.62 bits per heavy atom. The summed E-state index contributed by atoms with van der Waals surface area (Å²) in [4.78, 5) is 2.63. The molecule has 0 fully saturated rings. The third-order valence-corrected chi connectivity index (χ3v) is 5.10. The van der Waals surface area contributed by atoms with Crippen LogP contribution in [0.2, 0.25) is 0 Å². The Morgan fingerprint density at radius 1 is 1.29 bits per heavy atom. The van der Waals surface area contributed by atoms with E-state index in [2.05, 4.69) is 59.4 Å². The highest BCUT2D eigenvalue weighted by atomic mass is 79.9. The van der Waals surface area contributed by atoms with Crippen molar-refractivity contribution < 1.29 is 4.74 Å². The second-order valence-electron chi connectivity index (χ2n) is 5.30. The van der Waals surface area contributed by atoms with Crippen molar-refractivity contribution in [1.29, 1.82) is 0 Å². The smallest absolute Gasteiger partial charge is 0.120 e. The van der Waals surface area contributed by atoms with Crippen LogP contribution >= 0.6 is 27.3 Å². The van der Waals surface area contributed by atoms with E-state index in [1.54, 1.807) is 0 Å². The van der Waals surface area contributed by atoms with Crippen molar-refractivity contribution in [2.24, 2.45) is 0 Å². The monoisotopic (exact) mass is 367 g/mol. The number of hydrogen-bond donors (Lipinski definition) is 1. The molecule has 2 rings (SSSR count). The van der Waals surface area contributed by atoms with Crippen molar-refractivity contribution in [3.63, 3.8) is 0 Å². The fourth-order valence-corrected chi connectivity index (χ4v) is 4.29. The van der Waals surface area contributed by atoms with Crippen LogP contribution in [0, 0.1) is 6.92 Å². The first-order chi connectivity index (χ1) is 10.0. The largest absolute Gasteiger partial charge is 0.491 e. The third-order valence-electron chi connectivity index (χ3n) is 3.07. The molecule has 1 atom stereocenters. The first-order valence-corrected chi connectivity index (χ1v) is 8.88. The molecule has 0 saturated heterocycles. The van der Waals surface area contributed by atoms with Gasteiger partial charge < -0.3 is 10.1 Å². The van der Waals surface area contributed by atoms with Gasteiger partial charge in [-0.3, -0.25) is 0 Å². The summed E-state index contributed by atoms with van der Waals surface area (Å²) < 4.78 is 6.99. The summed E-state index contributed by atoms with van der Waals surface area (Å²) in [5, 5.41) is 3.57. The van der Waals surface area contributed by atoms with E-state index < -0.39 is 0 Å². The summed E-state index contributed by atoms with van der Waals surface area (Å²) in [5.41, 5.74) is 1.23. The van der Waals surface area contributed by atoms with Gasteiger partial charge in [-0.25, -0.2) is 0 Å². The van der Waals surface area contributed by atoms with Gasteiger partial charge >= 0.3 is 0 Å². The minimum atomic E-state index is 0.188. The molecule has 0 aliphatic carbocycles. The number of aryl methyl sites for hydroxylation is 1. The zero-order chi connectivity index (χ0) is 15.4. The summed E-state index contributed by atoms with van der Waals surface area (Å²) in [6.45, 7) is 9.29. The van der Waals surface area contributed by atoms with E-state index in [0.29, 0.717) is 0 Å². The number of ether oxygens (including phenoxy) is 1. The van der Waals surface area contributed by atoms with Crippen LogP contribution in [-0.2, 0) is 0 Å². The molecular formula is C17H22BrNOS. The summed E-state index contributed by atoms with van der Waals surface area (Å²) in [6, 6.07) is 10.7. The molecule has 4 heteroatoms. The van der Waals surface area contributed by atoms with Gasteiger partial charge in [0.1, 0.15) is 5.75 Å². The van der Waals surface area contributed by atoms with E-state index in [4.69, 9.17) is 4.74 Å². The average molecular weight is 368 g/mol. The second-order valence-corrected chi connectivity index (χ2v) is 7.44. The highest BCUT2D eigenvalue weighted by molar-refractivity contribution is 9.10. The fourth-order valence-electron chi connectivity index (χ4n) is 2.30. The number of rotatable bonds is 6. The number of hydrogen-bond acceptors (Lipinski definition) is 3. The first-order valence-electron chi connectivity index (χ1n) is 7.27. The van der Waals surface area contributed by atoms with Gasteiger partial charge in [-0.05, 0) is 67.0 Å². The second kappa shape index (κ2) is 7.43. The molecule has 0 radical (unpaired) electrons. The van der Waals surface area contributed by atoms with Crippen LogP contribution in [-0.4, -0.2) is 12.6 Å². The van der Waals surface area contributed by atoms with Gasteiger partial charge in [0.2, 0.25) is 0 Å². The molecule has 114 valence electrons. The van der Waals surface area contributed by atoms with E-state index in [0.717, 1.165) is 12.3 Å². The van der Waals surface area contributed by atoms with Crippen molar-refractivity contribution in [2.45, 2.75) is 39.8 Å². The molecule has 1 unspecified atom stereocenters. The van der Waals surface area contributed by atoms with E-state index in [-0.39, 0.29) is 12.1 Å². The minimum absolute atomic E-state index is 0.188. The predicted octanol–water partition coefficient (Wildman–Crippen LogP) is 5.31. The molecule has 0 bridgehead atoms. The van der Waals surface area contributed by atoms with E-state index >= 15 is 0 Å². The van der Waals surface area contributed by atoms with Crippen LogP contribution in [0.25, 0.3) is 0 Å². The highest BCUT2D eigenvalue weighted by Crippen LogP contribution is 2.36. The average Bonchev–Trinajstić information content (AvgIpc) is 2.74. The summed E-state index contributed by atoms with van der Waals surface area (Å²) >= 11 is 5.51. The van der Waals surface area contributed by atoms with Crippen LogP contribution in [0.5, 0.6) is 5.75 Å². The van der Waals surface area contributed by atoms with Crippen LogP contribution in [0.3, 0.4) is 0 Å². The number of thiophene rings is 1. The number of benzene rings is 1. The van der Waals surface area contributed by atoms with Gasteiger partial charge in [-0.1, -0.05) is 19.1 Å². The van der Waals surface area contributed by atoms with Gasteiger partial charge in [0, 0.05) is 14.2 Å². The minimum Gasteiger partial charge on any atom is -0.491 e. The molecule has 0 spiro atoms. The maximum absolute atomic E-state index is 5.82. The third kappa shape index (κ3) is 4.31.